The van der Waals surface area contributed by atoms with Gasteiger partial charge in [-0.15, -0.1) is 0 Å². The van der Waals surface area contributed by atoms with Crippen LogP contribution in [-0.4, -0.2) is 30.4 Å². The first-order valence-corrected chi connectivity index (χ1v) is 9.18. The standard InChI is InChI=1S/C19H23BrN2O2/c1-13-5-7-15(8-6-13)16(22-9-3-4-10-22)12-21-19(23)18-14(2)11-17(20)24-18/h5-8,11,16H,3-4,9-10,12H2,1-2H3,(H,21,23). The molecule has 1 fully saturated rings. The van der Waals surface area contributed by atoms with Crippen molar-refractivity contribution in [3.63, 3.8) is 0 Å². The number of nitrogens with one attached hydrogen (secondary N) is 1. The quantitative estimate of drug-likeness (QED) is 0.830. The number of hydrogen-bond acceptors (Lipinski definition) is 3. The third-order valence-corrected chi connectivity index (χ3v) is 4.98. The highest BCUT2D eigenvalue weighted by Gasteiger charge is 2.25. The third kappa shape index (κ3) is 3.90. The Kier molecular flexibility index (Phi) is 5.41. The van der Waals surface area contributed by atoms with Crippen molar-refractivity contribution in [2.45, 2.75) is 32.7 Å². The average molecular weight is 391 g/mol. The minimum atomic E-state index is -0.158. The van der Waals surface area contributed by atoms with Gasteiger partial charge in [-0.2, -0.15) is 0 Å². The molecule has 0 bridgehead atoms. The molecule has 3 rings (SSSR count). The van der Waals surface area contributed by atoms with Gasteiger partial charge in [-0.05, 0) is 67.3 Å². The van der Waals surface area contributed by atoms with Gasteiger partial charge in [0.25, 0.3) is 5.91 Å². The Morgan fingerprint density at radius 1 is 1.25 bits per heavy atom. The summed E-state index contributed by atoms with van der Waals surface area (Å²) in [5, 5.41) is 3.05. The van der Waals surface area contributed by atoms with Crippen LogP contribution in [0.5, 0.6) is 0 Å². The minimum absolute atomic E-state index is 0.158. The molecular formula is C19H23BrN2O2. The van der Waals surface area contributed by atoms with Crippen LogP contribution in [0, 0.1) is 13.8 Å². The van der Waals surface area contributed by atoms with Gasteiger partial charge in [-0.3, -0.25) is 9.69 Å². The zero-order valence-corrected chi connectivity index (χ0v) is 15.7. The van der Waals surface area contributed by atoms with Crippen LogP contribution in [0.4, 0.5) is 0 Å². The van der Waals surface area contributed by atoms with Gasteiger partial charge in [0.1, 0.15) is 0 Å². The van der Waals surface area contributed by atoms with Crippen molar-refractivity contribution in [2.24, 2.45) is 0 Å². The van der Waals surface area contributed by atoms with E-state index in [1.165, 1.54) is 24.0 Å². The molecule has 5 heteroatoms. The summed E-state index contributed by atoms with van der Waals surface area (Å²) < 4.78 is 6.03. The normalized spacial score (nSPS) is 16.3. The van der Waals surface area contributed by atoms with Gasteiger partial charge in [0.05, 0.1) is 6.04 Å². The molecule has 1 aromatic carbocycles. The SMILES string of the molecule is Cc1ccc(C(CNC(=O)c2oc(Br)cc2C)N2CCCC2)cc1. The average Bonchev–Trinajstić information content (AvgIpc) is 3.19. The van der Waals surface area contributed by atoms with E-state index in [0.717, 1.165) is 18.7 Å². The van der Waals surface area contributed by atoms with Crippen molar-refractivity contribution in [1.29, 1.82) is 0 Å². The highest BCUT2D eigenvalue weighted by Crippen LogP contribution is 2.25. The van der Waals surface area contributed by atoms with E-state index < -0.39 is 0 Å². The second kappa shape index (κ2) is 7.53. The van der Waals surface area contributed by atoms with Crippen LogP contribution in [0.15, 0.2) is 39.4 Å². The predicted octanol–water partition coefficient (Wildman–Crippen LogP) is 4.23. The maximum Gasteiger partial charge on any atom is 0.287 e. The van der Waals surface area contributed by atoms with Gasteiger partial charge in [0, 0.05) is 12.1 Å². The Hall–Kier alpha value is -1.59. The Morgan fingerprint density at radius 3 is 2.50 bits per heavy atom. The lowest BCUT2D eigenvalue weighted by Gasteiger charge is -2.28. The summed E-state index contributed by atoms with van der Waals surface area (Å²) >= 11 is 3.27. The fourth-order valence-electron chi connectivity index (χ4n) is 3.24. The van der Waals surface area contributed by atoms with Crippen molar-refractivity contribution >= 4 is 21.8 Å². The fourth-order valence-corrected chi connectivity index (χ4v) is 3.74. The Bertz CT molecular complexity index is 703. The van der Waals surface area contributed by atoms with E-state index >= 15 is 0 Å². The van der Waals surface area contributed by atoms with Crippen LogP contribution in [-0.2, 0) is 0 Å². The molecule has 1 saturated heterocycles. The molecule has 0 spiro atoms. The second-order valence-electron chi connectivity index (χ2n) is 6.44. The summed E-state index contributed by atoms with van der Waals surface area (Å²) in [7, 11) is 0. The molecule has 1 aliphatic heterocycles. The predicted molar refractivity (Wildman–Crippen MR) is 98.2 cm³/mol. The monoisotopic (exact) mass is 390 g/mol. The Labute approximate surface area is 151 Å². The molecule has 1 unspecified atom stereocenters. The van der Waals surface area contributed by atoms with Crippen molar-refractivity contribution in [1.82, 2.24) is 10.2 Å². The van der Waals surface area contributed by atoms with E-state index in [-0.39, 0.29) is 11.9 Å². The molecule has 4 nitrogen and oxygen atoms in total. The zero-order valence-electron chi connectivity index (χ0n) is 14.1. The first-order chi connectivity index (χ1) is 11.5. The van der Waals surface area contributed by atoms with Crippen molar-refractivity contribution in [2.75, 3.05) is 19.6 Å². The highest BCUT2D eigenvalue weighted by atomic mass is 79.9. The molecule has 1 N–H and O–H groups in total. The molecule has 0 radical (unpaired) electrons. The summed E-state index contributed by atoms with van der Waals surface area (Å²) in [6.07, 6.45) is 2.45. The highest BCUT2D eigenvalue weighted by molar-refractivity contribution is 9.10. The van der Waals surface area contributed by atoms with E-state index in [1.807, 2.05) is 13.0 Å². The van der Waals surface area contributed by atoms with Gasteiger partial charge >= 0.3 is 0 Å². The summed E-state index contributed by atoms with van der Waals surface area (Å²) in [4.78, 5) is 14.9. The first-order valence-electron chi connectivity index (χ1n) is 8.39. The largest absolute Gasteiger partial charge is 0.444 e. The zero-order chi connectivity index (χ0) is 17.1. The number of rotatable bonds is 5. The molecule has 2 aromatic rings. The molecule has 0 aliphatic carbocycles. The van der Waals surface area contributed by atoms with E-state index in [2.05, 4.69) is 57.3 Å². The molecule has 24 heavy (non-hydrogen) atoms. The summed E-state index contributed by atoms with van der Waals surface area (Å²) in [6.45, 7) is 6.72. The van der Waals surface area contributed by atoms with Crippen LogP contribution >= 0.6 is 15.9 Å². The molecular weight excluding hydrogens is 368 g/mol. The number of halogens is 1. The summed E-state index contributed by atoms with van der Waals surface area (Å²) in [5.74, 6) is 0.223. The molecule has 1 aromatic heterocycles. The number of nitrogens with zero attached hydrogens (tertiary/aromatic N) is 1. The summed E-state index contributed by atoms with van der Waals surface area (Å²) in [6, 6.07) is 10.6. The maximum absolute atomic E-state index is 12.4. The summed E-state index contributed by atoms with van der Waals surface area (Å²) in [5.41, 5.74) is 3.34. The number of hydrogen-bond donors (Lipinski definition) is 1. The van der Waals surface area contributed by atoms with E-state index in [9.17, 15) is 4.79 Å². The van der Waals surface area contributed by atoms with Gasteiger partial charge in [0.15, 0.2) is 10.4 Å². The van der Waals surface area contributed by atoms with Crippen LogP contribution in [0.2, 0.25) is 0 Å². The number of carbonyl (C=O) groups is 1. The smallest absolute Gasteiger partial charge is 0.287 e. The van der Waals surface area contributed by atoms with Gasteiger partial charge in [-0.25, -0.2) is 0 Å². The van der Waals surface area contributed by atoms with Gasteiger partial charge in [0.2, 0.25) is 0 Å². The minimum Gasteiger partial charge on any atom is -0.444 e. The van der Waals surface area contributed by atoms with E-state index in [4.69, 9.17) is 4.42 Å². The molecule has 1 atom stereocenters. The molecule has 2 heterocycles. The molecule has 1 aliphatic rings. The van der Waals surface area contributed by atoms with Crippen LogP contribution in [0.3, 0.4) is 0 Å². The number of aryl methyl sites for hydroxylation is 2. The van der Waals surface area contributed by atoms with Crippen LogP contribution in [0.25, 0.3) is 0 Å². The lowest BCUT2D eigenvalue weighted by molar-refractivity contribution is 0.0908. The topological polar surface area (TPSA) is 45.5 Å². The second-order valence-corrected chi connectivity index (χ2v) is 7.22. The van der Waals surface area contributed by atoms with Gasteiger partial charge in [-0.1, -0.05) is 29.8 Å². The Balaban J connectivity index is 1.73. The number of likely N-dealkylation sites (tertiary alicyclic amines) is 1. The fraction of sp³-hybridized carbons (Fsp3) is 0.421. The lowest BCUT2D eigenvalue weighted by atomic mass is 10.0. The van der Waals surface area contributed by atoms with E-state index in [0.29, 0.717) is 17.0 Å². The number of furan rings is 1. The number of carbonyl (C=O) groups excluding carboxylic acids is 1. The van der Waals surface area contributed by atoms with Crippen LogP contribution in [0.1, 0.15) is 46.1 Å². The van der Waals surface area contributed by atoms with Crippen molar-refractivity contribution < 1.29 is 9.21 Å². The van der Waals surface area contributed by atoms with E-state index in [1.54, 1.807) is 0 Å². The number of amides is 1. The lowest BCUT2D eigenvalue weighted by Crippen LogP contribution is -2.36. The Morgan fingerprint density at radius 2 is 1.92 bits per heavy atom. The molecule has 1 amide bonds. The van der Waals surface area contributed by atoms with Crippen molar-refractivity contribution in [3.05, 3.63) is 57.5 Å². The molecule has 0 saturated carbocycles. The number of benzene rings is 1. The maximum atomic E-state index is 12.4. The van der Waals surface area contributed by atoms with Gasteiger partial charge < -0.3 is 9.73 Å². The van der Waals surface area contributed by atoms with Crippen LogP contribution < -0.4 is 5.32 Å². The molecule has 128 valence electrons. The van der Waals surface area contributed by atoms with Crippen molar-refractivity contribution in [3.8, 4) is 0 Å². The third-order valence-electron chi connectivity index (χ3n) is 4.59. The first kappa shape index (κ1) is 17.2.